The molecule has 1 unspecified atom stereocenters. The van der Waals surface area contributed by atoms with Crippen LogP contribution in [0.25, 0.3) is 0 Å². The van der Waals surface area contributed by atoms with Crippen LogP contribution in [0.4, 0.5) is 5.69 Å². The van der Waals surface area contributed by atoms with E-state index in [2.05, 4.69) is 28.4 Å². The Hall–Kier alpha value is -4.05. The van der Waals surface area contributed by atoms with Gasteiger partial charge in [-0.15, -0.1) is 5.10 Å². The molecular weight excluding hydrogens is 390 g/mol. The summed E-state index contributed by atoms with van der Waals surface area (Å²) in [6.45, 7) is 2.35. The fourth-order valence-electron chi connectivity index (χ4n) is 4.77. The number of aromatic nitrogens is 2. The molecule has 1 aromatic heterocycles. The lowest BCUT2D eigenvalue weighted by Crippen LogP contribution is -2.46. The van der Waals surface area contributed by atoms with Crippen molar-refractivity contribution < 1.29 is 9.53 Å². The van der Waals surface area contributed by atoms with Crippen LogP contribution in [0, 0.1) is 18.3 Å². The largest absolute Gasteiger partial charge is 0.420 e. The Bertz CT molecular complexity index is 1250. The van der Waals surface area contributed by atoms with Crippen LogP contribution in [0.15, 0.2) is 66.1 Å². The molecule has 3 aromatic rings. The first-order chi connectivity index (χ1) is 15.1. The van der Waals surface area contributed by atoms with Gasteiger partial charge in [0.2, 0.25) is 17.7 Å². The molecule has 0 saturated heterocycles. The van der Waals surface area contributed by atoms with E-state index in [4.69, 9.17) is 10.5 Å². The van der Waals surface area contributed by atoms with Crippen molar-refractivity contribution in [2.75, 3.05) is 11.4 Å². The minimum Gasteiger partial charge on any atom is -0.420 e. The summed E-state index contributed by atoms with van der Waals surface area (Å²) < 4.78 is 5.60. The molecule has 7 nitrogen and oxygen atoms in total. The van der Waals surface area contributed by atoms with E-state index < -0.39 is 5.41 Å². The van der Waals surface area contributed by atoms with Crippen LogP contribution in [0.5, 0.6) is 5.88 Å². The minimum atomic E-state index is -1.35. The second-order valence-corrected chi connectivity index (χ2v) is 7.79. The normalized spacial score (nSPS) is 19.2. The molecule has 1 atom stereocenters. The van der Waals surface area contributed by atoms with Crippen molar-refractivity contribution in [1.82, 2.24) is 10.2 Å². The molecule has 0 bridgehead atoms. The van der Waals surface area contributed by atoms with Gasteiger partial charge >= 0.3 is 0 Å². The summed E-state index contributed by atoms with van der Waals surface area (Å²) in [6.07, 6.45) is 1.64. The zero-order valence-electron chi connectivity index (χ0n) is 17.1. The third-order valence-corrected chi connectivity index (χ3v) is 6.08. The summed E-state index contributed by atoms with van der Waals surface area (Å²) in [7, 11) is 0. The van der Waals surface area contributed by atoms with Gasteiger partial charge in [-0.25, -0.2) is 0 Å². The SMILES string of the molecule is Cc1[nH]nc2c1C1(C(=O)N(CCCc3ccccc3)c3ccccc31)C(C#N)=C(N)O2. The van der Waals surface area contributed by atoms with E-state index in [1.165, 1.54) is 5.56 Å². The van der Waals surface area contributed by atoms with E-state index in [-0.39, 0.29) is 23.2 Å². The second kappa shape index (κ2) is 7.03. The van der Waals surface area contributed by atoms with Crippen LogP contribution < -0.4 is 15.4 Å². The van der Waals surface area contributed by atoms with Crippen molar-refractivity contribution in [3.63, 3.8) is 0 Å². The number of benzene rings is 2. The molecule has 154 valence electrons. The van der Waals surface area contributed by atoms with Crippen LogP contribution in [0.3, 0.4) is 0 Å². The molecule has 2 aliphatic rings. The summed E-state index contributed by atoms with van der Waals surface area (Å²) in [5.41, 5.74) is 8.83. The first-order valence-corrected chi connectivity index (χ1v) is 10.2. The highest BCUT2D eigenvalue weighted by atomic mass is 16.5. The zero-order valence-corrected chi connectivity index (χ0v) is 17.1. The fourth-order valence-corrected chi connectivity index (χ4v) is 4.77. The summed E-state index contributed by atoms with van der Waals surface area (Å²) in [4.78, 5) is 15.9. The number of nitrogens with two attached hydrogens (primary N) is 1. The predicted octanol–water partition coefficient (Wildman–Crippen LogP) is 3.07. The number of aryl methyl sites for hydroxylation is 2. The van der Waals surface area contributed by atoms with E-state index in [0.29, 0.717) is 17.8 Å². The number of hydrogen-bond donors (Lipinski definition) is 2. The number of nitriles is 1. The van der Waals surface area contributed by atoms with Crippen molar-refractivity contribution in [2.24, 2.45) is 5.73 Å². The van der Waals surface area contributed by atoms with Crippen molar-refractivity contribution in [3.8, 4) is 11.9 Å². The average Bonchev–Trinajstić information content (AvgIpc) is 3.26. The van der Waals surface area contributed by atoms with E-state index in [1.54, 1.807) is 4.90 Å². The molecule has 0 saturated carbocycles. The molecule has 31 heavy (non-hydrogen) atoms. The summed E-state index contributed by atoms with van der Waals surface area (Å²) >= 11 is 0. The Labute approximate surface area is 179 Å². The Morgan fingerprint density at radius 1 is 1.19 bits per heavy atom. The first kappa shape index (κ1) is 18.9. The Balaban J connectivity index is 1.61. The van der Waals surface area contributed by atoms with Gasteiger partial charge in [0.15, 0.2) is 0 Å². The van der Waals surface area contributed by atoms with Gasteiger partial charge in [-0.2, -0.15) is 5.26 Å². The fraction of sp³-hybridized carbons (Fsp3) is 0.208. The number of nitrogens with one attached hydrogen (secondary N) is 1. The van der Waals surface area contributed by atoms with Crippen LogP contribution in [0.1, 0.15) is 28.8 Å². The maximum absolute atomic E-state index is 14.1. The topological polar surface area (TPSA) is 108 Å². The van der Waals surface area contributed by atoms with Gasteiger partial charge in [0.25, 0.3) is 0 Å². The van der Waals surface area contributed by atoms with Gasteiger partial charge < -0.3 is 15.4 Å². The smallest absolute Gasteiger partial charge is 0.247 e. The minimum absolute atomic E-state index is 0.0872. The second-order valence-electron chi connectivity index (χ2n) is 7.79. The number of anilines is 1. The van der Waals surface area contributed by atoms with E-state index >= 15 is 0 Å². The summed E-state index contributed by atoms with van der Waals surface area (Å²) in [5.74, 6) is -0.0469. The van der Waals surface area contributed by atoms with Crippen molar-refractivity contribution >= 4 is 11.6 Å². The Morgan fingerprint density at radius 3 is 2.71 bits per heavy atom. The Kier molecular flexibility index (Phi) is 4.29. The van der Waals surface area contributed by atoms with E-state index in [0.717, 1.165) is 24.1 Å². The van der Waals surface area contributed by atoms with E-state index in [9.17, 15) is 10.1 Å². The van der Waals surface area contributed by atoms with Gasteiger partial charge in [-0.05, 0) is 31.4 Å². The molecule has 3 heterocycles. The number of rotatable bonds is 4. The lowest BCUT2D eigenvalue weighted by molar-refractivity contribution is -0.121. The number of nitrogens with zero attached hydrogens (tertiary/aromatic N) is 3. The molecule has 7 heteroatoms. The third kappa shape index (κ3) is 2.58. The van der Waals surface area contributed by atoms with Gasteiger partial charge in [0.05, 0.1) is 5.56 Å². The predicted molar refractivity (Wildman–Crippen MR) is 115 cm³/mol. The van der Waals surface area contributed by atoms with Crippen molar-refractivity contribution in [1.29, 1.82) is 5.26 Å². The van der Waals surface area contributed by atoms with Crippen LogP contribution in [-0.4, -0.2) is 22.6 Å². The molecular formula is C24H21N5O2. The molecule has 0 fully saturated rings. The lowest BCUT2D eigenvalue weighted by Gasteiger charge is -2.32. The molecule has 1 spiro atoms. The van der Waals surface area contributed by atoms with Gasteiger partial charge in [-0.3, -0.25) is 9.89 Å². The molecule has 3 N–H and O–H groups in total. The molecule has 2 aromatic carbocycles. The average molecular weight is 411 g/mol. The highest BCUT2D eigenvalue weighted by Crippen LogP contribution is 2.55. The summed E-state index contributed by atoms with van der Waals surface area (Å²) in [6, 6.07) is 19.9. The standard InChI is InChI=1S/C24H21N5O2/c1-15-20-22(28-27-15)31-21(26)18(14-25)24(20)17-11-5-6-12-19(17)29(23(24)30)13-7-10-16-8-3-2-4-9-16/h2-6,8-9,11-12H,7,10,13,26H2,1H3,(H,27,28). The lowest BCUT2D eigenvalue weighted by atomic mass is 9.69. The number of fused-ring (bicyclic) bond motifs is 4. The summed E-state index contributed by atoms with van der Waals surface area (Å²) in [5, 5.41) is 17.1. The quantitative estimate of drug-likeness (QED) is 0.686. The molecule has 0 radical (unpaired) electrons. The van der Waals surface area contributed by atoms with Crippen molar-refractivity contribution in [3.05, 3.63) is 88.4 Å². The molecule has 0 aliphatic carbocycles. The zero-order chi connectivity index (χ0) is 21.6. The number of amides is 1. The number of H-pyrrole nitrogens is 1. The van der Waals surface area contributed by atoms with Gasteiger partial charge in [-0.1, -0.05) is 48.5 Å². The third-order valence-electron chi connectivity index (χ3n) is 6.08. The van der Waals surface area contributed by atoms with E-state index in [1.807, 2.05) is 49.4 Å². The first-order valence-electron chi connectivity index (χ1n) is 10.2. The maximum atomic E-state index is 14.1. The monoisotopic (exact) mass is 411 g/mol. The van der Waals surface area contributed by atoms with Gasteiger partial charge in [0, 0.05) is 23.5 Å². The highest BCUT2D eigenvalue weighted by Gasteiger charge is 2.60. The number of para-hydroxylation sites is 1. The molecule has 2 aliphatic heterocycles. The van der Waals surface area contributed by atoms with Crippen molar-refractivity contribution in [2.45, 2.75) is 25.2 Å². The maximum Gasteiger partial charge on any atom is 0.247 e. The van der Waals surface area contributed by atoms with Crippen LogP contribution in [0.2, 0.25) is 0 Å². The van der Waals surface area contributed by atoms with Crippen LogP contribution >= 0.6 is 0 Å². The number of aromatic amines is 1. The number of hydrogen-bond acceptors (Lipinski definition) is 5. The number of carbonyl (C=O) groups excluding carboxylic acids is 1. The van der Waals surface area contributed by atoms with Crippen LogP contribution in [-0.2, 0) is 16.6 Å². The Morgan fingerprint density at radius 2 is 1.94 bits per heavy atom. The molecule has 5 rings (SSSR count). The highest BCUT2D eigenvalue weighted by molar-refractivity contribution is 6.14. The number of carbonyl (C=O) groups is 1. The van der Waals surface area contributed by atoms with Gasteiger partial charge in [0.1, 0.15) is 17.1 Å². The number of ether oxygens (including phenoxy) is 1. The molecule has 1 amide bonds.